The zero-order chi connectivity index (χ0) is 13.2. The summed E-state index contributed by atoms with van der Waals surface area (Å²) in [6.45, 7) is 2.64. The van der Waals surface area contributed by atoms with Crippen molar-refractivity contribution in [2.45, 2.75) is 19.6 Å². The second-order valence-corrected chi connectivity index (χ2v) is 4.78. The molecule has 0 fully saturated rings. The number of nitrogens with one attached hydrogen (secondary N) is 1. The Kier molecular flexibility index (Phi) is 2.95. The molecule has 0 spiro atoms. The standard InChI is InChI=1S/C16H16N2O/c1-12-17-15-10-6-5-9-14(15)16(19)18(12)11-13-7-3-2-4-8-13/h2-10,12,17H,11H2,1H3. The normalized spacial score (nSPS) is 17.8. The second kappa shape index (κ2) is 4.76. The Morgan fingerprint density at radius 3 is 2.53 bits per heavy atom. The zero-order valence-electron chi connectivity index (χ0n) is 10.8. The summed E-state index contributed by atoms with van der Waals surface area (Å²) < 4.78 is 0. The molecule has 1 unspecified atom stereocenters. The molecule has 0 radical (unpaired) electrons. The van der Waals surface area contributed by atoms with Crippen LogP contribution in [0.15, 0.2) is 54.6 Å². The number of carbonyl (C=O) groups is 1. The SMILES string of the molecule is CC1Nc2ccccc2C(=O)N1Cc1ccccc1. The van der Waals surface area contributed by atoms with E-state index in [9.17, 15) is 4.79 Å². The number of benzene rings is 2. The molecule has 0 bridgehead atoms. The first kappa shape index (κ1) is 11.8. The van der Waals surface area contributed by atoms with Crippen molar-refractivity contribution in [3.8, 4) is 0 Å². The van der Waals surface area contributed by atoms with E-state index in [1.807, 2.05) is 66.4 Å². The van der Waals surface area contributed by atoms with Gasteiger partial charge in [0.1, 0.15) is 0 Å². The van der Waals surface area contributed by atoms with Crippen LogP contribution in [-0.2, 0) is 6.54 Å². The van der Waals surface area contributed by atoms with Crippen molar-refractivity contribution in [3.05, 3.63) is 65.7 Å². The molecule has 96 valence electrons. The molecule has 3 heteroatoms. The Morgan fingerprint density at radius 2 is 1.74 bits per heavy atom. The van der Waals surface area contributed by atoms with Gasteiger partial charge in [0.05, 0.1) is 11.7 Å². The van der Waals surface area contributed by atoms with Crippen LogP contribution >= 0.6 is 0 Å². The molecule has 3 rings (SSSR count). The maximum Gasteiger partial charge on any atom is 0.257 e. The van der Waals surface area contributed by atoms with Crippen molar-refractivity contribution in [3.63, 3.8) is 0 Å². The quantitative estimate of drug-likeness (QED) is 0.890. The second-order valence-electron chi connectivity index (χ2n) is 4.78. The summed E-state index contributed by atoms with van der Waals surface area (Å²) in [6, 6.07) is 17.7. The molecule has 1 atom stereocenters. The van der Waals surface area contributed by atoms with E-state index in [-0.39, 0.29) is 12.1 Å². The van der Waals surface area contributed by atoms with Gasteiger partial charge in [0.25, 0.3) is 5.91 Å². The third-order valence-electron chi connectivity index (χ3n) is 3.45. The number of hydrogen-bond acceptors (Lipinski definition) is 2. The number of amides is 1. The smallest absolute Gasteiger partial charge is 0.257 e. The predicted octanol–water partition coefficient (Wildman–Crippen LogP) is 3.10. The van der Waals surface area contributed by atoms with Crippen LogP contribution in [0, 0.1) is 0 Å². The Labute approximate surface area is 112 Å². The predicted molar refractivity (Wildman–Crippen MR) is 75.8 cm³/mol. The van der Waals surface area contributed by atoms with E-state index < -0.39 is 0 Å². The highest BCUT2D eigenvalue weighted by atomic mass is 16.2. The number of rotatable bonds is 2. The Morgan fingerprint density at radius 1 is 1.05 bits per heavy atom. The molecule has 1 aliphatic rings. The topological polar surface area (TPSA) is 32.3 Å². The lowest BCUT2D eigenvalue weighted by molar-refractivity contribution is 0.0683. The van der Waals surface area contributed by atoms with Gasteiger partial charge in [-0.05, 0) is 24.6 Å². The van der Waals surface area contributed by atoms with E-state index in [4.69, 9.17) is 0 Å². The molecule has 1 amide bonds. The third-order valence-corrected chi connectivity index (χ3v) is 3.45. The van der Waals surface area contributed by atoms with Crippen molar-refractivity contribution in [1.82, 2.24) is 4.90 Å². The summed E-state index contributed by atoms with van der Waals surface area (Å²) in [5.74, 6) is 0.0886. The van der Waals surface area contributed by atoms with Gasteiger partial charge < -0.3 is 10.2 Å². The Bertz CT molecular complexity index is 595. The van der Waals surface area contributed by atoms with Crippen molar-refractivity contribution in [2.75, 3.05) is 5.32 Å². The Hall–Kier alpha value is -2.29. The minimum atomic E-state index is 0.00241. The van der Waals surface area contributed by atoms with E-state index in [1.54, 1.807) is 0 Å². The molecule has 19 heavy (non-hydrogen) atoms. The molecule has 0 saturated heterocycles. The summed E-state index contributed by atoms with van der Waals surface area (Å²) in [6.07, 6.45) is 0.00241. The minimum Gasteiger partial charge on any atom is -0.365 e. The number of fused-ring (bicyclic) bond motifs is 1. The average Bonchev–Trinajstić information content (AvgIpc) is 2.45. The molecule has 2 aromatic rings. The molecule has 1 N–H and O–H groups in total. The van der Waals surface area contributed by atoms with Gasteiger partial charge in [0.2, 0.25) is 0 Å². The van der Waals surface area contributed by atoms with Crippen LogP contribution in [0.4, 0.5) is 5.69 Å². The number of carbonyl (C=O) groups excluding carboxylic acids is 1. The summed E-state index contributed by atoms with van der Waals surface area (Å²) in [4.78, 5) is 14.4. The fraction of sp³-hybridized carbons (Fsp3) is 0.188. The number of para-hydroxylation sites is 1. The lowest BCUT2D eigenvalue weighted by Crippen LogP contribution is -2.46. The van der Waals surface area contributed by atoms with Gasteiger partial charge in [-0.1, -0.05) is 42.5 Å². The summed E-state index contributed by atoms with van der Waals surface area (Å²) in [7, 11) is 0. The van der Waals surface area contributed by atoms with Crippen molar-refractivity contribution in [2.24, 2.45) is 0 Å². The first-order valence-corrected chi connectivity index (χ1v) is 6.46. The first-order chi connectivity index (χ1) is 9.25. The van der Waals surface area contributed by atoms with Crippen LogP contribution in [0.1, 0.15) is 22.8 Å². The van der Waals surface area contributed by atoms with Gasteiger partial charge in [0, 0.05) is 12.2 Å². The van der Waals surface area contributed by atoms with E-state index in [0.717, 1.165) is 16.8 Å². The van der Waals surface area contributed by atoms with Crippen LogP contribution in [-0.4, -0.2) is 17.0 Å². The number of nitrogens with zero attached hydrogens (tertiary/aromatic N) is 1. The largest absolute Gasteiger partial charge is 0.365 e. The molecule has 1 aliphatic heterocycles. The molecular weight excluding hydrogens is 236 g/mol. The summed E-state index contributed by atoms with van der Waals surface area (Å²) in [5.41, 5.74) is 2.81. The summed E-state index contributed by atoms with van der Waals surface area (Å²) in [5, 5.41) is 3.37. The maximum atomic E-state index is 12.5. The average molecular weight is 252 g/mol. The molecule has 2 aromatic carbocycles. The van der Waals surface area contributed by atoms with Crippen molar-refractivity contribution in [1.29, 1.82) is 0 Å². The van der Waals surface area contributed by atoms with E-state index >= 15 is 0 Å². The molecule has 0 aliphatic carbocycles. The van der Waals surface area contributed by atoms with E-state index in [1.165, 1.54) is 0 Å². The van der Waals surface area contributed by atoms with Gasteiger partial charge in [-0.3, -0.25) is 4.79 Å². The molecule has 0 saturated carbocycles. The highest BCUT2D eigenvalue weighted by molar-refractivity contribution is 6.01. The minimum absolute atomic E-state index is 0.00241. The van der Waals surface area contributed by atoms with Crippen LogP contribution in [0.25, 0.3) is 0 Å². The lowest BCUT2D eigenvalue weighted by atomic mass is 10.1. The van der Waals surface area contributed by atoms with E-state index in [2.05, 4.69) is 5.32 Å². The zero-order valence-corrected chi connectivity index (χ0v) is 10.8. The maximum absolute atomic E-state index is 12.5. The molecule has 3 nitrogen and oxygen atoms in total. The van der Waals surface area contributed by atoms with Gasteiger partial charge in [-0.25, -0.2) is 0 Å². The van der Waals surface area contributed by atoms with Crippen LogP contribution in [0.3, 0.4) is 0 Å². The third kappa shape index (κ3) is 2.19. The van der Waals surface area contributed by atoms with E-state index in [0.29, 0.717) is 6.54 Å². The molecule has 1 heterocycles. The monoisotopic (exact) mass is 252 g/mol. The first-order valence-electron chi connectivity index (χ1n) is 6.46. The molecular formula is C16H16N2O. The number of hydrogen-bond donors (Lipinski definition) is 1. The van der Waals surface area contributed by atoms with Gasteiger partial charge in [-0.2, -0.15) is 0 Å². The lowest BCUT2D eigenvalue weighted by Gasteiger charge is -2.35. The molecule has 0 aromatic heterocycles. The van der Waals surface area contributed by atoms with Crippen LogP contribution in [0.5, 0.6) is 0 Å². The van der Waals surface area contributed by atoms with Gasteiger partial charge in [0.15, 0.2) is 0 Å². The van der Waals surface area contributed by atoms with Crippen molar-refractivity contribution < 1.29 is 4.79 Å². The van der Waals surface area contributed by atoms with Crippen molar-refractivity contribution >= 4 is 11.6 Å². The van der Waals surface area contributed by atoms with Crippen LogP contribution in [0.2, 0.25) is 0 Å². The highest BCUT2D eigenvalue weighted by Crippen LogP contribution is 2.26. The Balaban J connectivity index is 1.89. The summed E-state index contributed by atoms with van der Waals surface area (Å²) >= 11 is 0. The highest BCUT2D eigenvalue weighted by Gasteiger charge is 2.28. The fourth-order valence-electron chi connectivity index (χ4n) is 2.42. The van der Waals surface area contributed by atoms with Crippen LogP contribution < -0.4 is 5.32 Å². The number of anilines is 1. The fourth-order valence-corrected chi connectivity index (χ4v) is 2.42. The van der Waals surface area contributed by atoms with Gasteiger partial charge >= 0.3 is 0 Å². The van der Waals surface area contributed by atoms with Gasteiger partial charge in [-0.15, -0.1) is 0 Å².